The molecular weight excluding hydrogens is 232 g/mol. The fourth-order valence-electron chi connectivity index (χ4n) is 3.40. The van der Waals surface area contributed by atoms with Gasteiger partial charge < -0.3 is 10.2 Å². The van der Waals surface area contributed by atoms with E-state index in [1.54, 1.807) is 0 Å². The largest absolute Gasteiger partial charge is 0.314 e. The van der Waals surface area contributed by atoms with E-state index in [1.165, 1.54) is 71.0 Å². The second-order valence-electron chi connectivity index (χ2n) is 7.04. The summed E-state index contributed by atoms with van der Waals surface area (Å²) in [7, 11) is 2.32. The lowest BCUT2D eigenvalue weighted by atomic mass is 9.73. The van der Waals surface area contributed by atoms with Crippen LogP contribution in [-0.2, 0) is 0 Å². The fraction of sp³-hybridized carbons (Fsp3) is 1.00. The van der Waals surface area contributed by atoms with Gasteiger partial charge in [0.25, 0.3) is 0 Å². The van der Waals surface area contributed by atoms with E-state index >= 15 is 0 Å². The fourth-order valence-corrected chi connectivity index (χ4v) is 3.40. The van der Waals surface area contributed by atoms with Crippen molar-refractivity contribution in [2.45, 2.75) is 78.2 Å². The normalized spacial score (nSPS) is 19.3. The second kappa shape index (κ2) is 8.97. The molecule has 0 aromatic carbocycles. The molecule has 1 saturated carbocycles. The van der Waals surface area contributed by atoms with Gasteiger partial charge in [0.05, 0.1) is 0 Å². The lowest BCUT2D eigenvalue weighted by Gasteiger charge is -2.41. The van der Waals surface area contributed by atoms with Crippen LogP contribution in [0.15, 0.2) is 0 Å². The number of nitrogens with one attached hydrogen (secondary N) is 1. The minimum absolute atomic E-state index is 0.545. The summed E-state index contributed by atoms with van der Waals surface area (Å²) in [5, 5.41) is 3.70. The summed E-state index contributed by atoms with van der Waals surface area (Å²) in [6, 6.07) is 0.615. The van der Waals surface area contributed by atoms with Crippen LogP contribution in [0.25, 0.3) is 0 Å². The molecule has 0 saturated heterocycles. The summed E-state index contributed by atoms with van der Waals surface area (Å²) >= 11 is 0. The average Bonchev–Trinajstić information content (AvgIpc) is 2.38. The van der Waals surface area contributed by atoms with Crippen LogP contribution in [0, 0.1) is 5.41 Å². The Hall–Kier alpha value is -0.0800. The van der Waals surface area contributed by atoms with Gasteiger partial charge in [0, 0.05) is 19.1 Å². The van der Waals surface area contributed by atoms with Crippen LogP contribution in [-0.4, -0.2) is 37.6 Å². The number of hydrogen-bond donors (Lipinski definition) is 1. The van der Waals surface area contributed by atoms with E-state index in [0.29, 0.717) is 11.5 Å². The Morgan fingerprint density at radius 3 is 2.37 bits per heavy atom. The molecule has 2 heteroatoms. The lowest BCUT2D eigenvalue weighted by molar-refractivity contribution is 0.114. The molecule has 1 N–H and O–H groups in total. The number of nitrogens with zero attached hydrogens (tertiary/aromatic N) is 1. The lowest BCUT2D eigenvalue weighted by Crippen LogP contribution is -2.46. The van der Waals surface area contributed by atoms with Gasteiger partial charge in [-0.3, -0.25) is 0 Å². The molecule has 0 aliphatic heterocycles. The van der Waals surface area contributed by atoms with Gasteiger partial charge in [-0.2, -0.15) is 0 Å². The Labute approximate surface area is 121 Å². The van der Waals surface area contributed by atoms with Crippen molar-refractivity contribution in [3.63, 3.8) is 0 Å². The summed E-state index contributed by atoms with van der Waals surface area (Å²) in [6.45, 7) is 10.6. The number of rotatable bonds is 9. The van der Waals surface area contributed by atoms with Gasteiger partial charge in [-0.1, -0.05) is 52.9 Å². The maximum atomic E-state index is 3.70. The highest BCUT2D eigenvalue weighted by molar-refractivity contribution is 4.87. The highest BCUT2D eigenvalue weighted by Crippen LogP contribution is 2.36. The molecule has 0 spiro atoms. The first-order chi connectivity index (χ1) is 9.08. The minimum atomic E-state index is 0.545. The summed E-state index contributed by atoms with van der Waals surface area (Å²) in [4.78, 5) is 2.59. The molecule has 114 valence electrons. The molecule has 0 amide bonds. The predicted octanol–water partition coefficient (Wildman–Crippen LogP) is 4.06. The highest BCUT2D eigenvalue weighted by Gasteiger charge is 2.32. The summed E-state index contributed by atoms with van der Waals surface area (Å²) < 4.78 is 0. The van der Waals surface area contributed by atoms with Gasteiger partial charge in [-0.05, 0) is 38.3 Å². The van der Waals surface area contributed by atoms with Gasteiger partial charge >= 0.3 is 0 Å². The van der Waals surface area contributed by atoms with Gasteiger partial charge in [0.15, 0.2) is 0 Å². The van der Waals surface area contributed by atoms with Gasteiger partial charge in [-0.15, -0.1) is 0 Å². The zero-order chi connectivity index (χ0) is 14.1. The summed E-state index contributed by atoms with van der Waals surface area (Å²) in [6.07, 6.45) is 11.2. The third-order valence-corrected chi connectivity index (χ3v) is 4.55. The van der Waals surface area contributed by atoms with Crippen LogP contribution >= 0.6 is 0 Å². The standard InChI is InChI=1S/C17H36N2/c1-5-6-10-13-19(4)15-17(14-18-16(2)3)11-8-7-9-12-17/h16,18H,5-15H2,1-4H3. The predicted molar refractivity (Wildman–Crippen MR) is 85.7 cm³/mol. The van der Waals surface area contributed by atoms with Crippen molar-refractivity contribution in [2.24, 2.45) is 5.41 Å². The molecule has 0 bridgehead atoms. The zero-order valence-electron chi connectivity index (χ0n) is 13.8. The van der Waals surface area contributed by atoms with Crippen molar-refractivity contribution < 1.29 is 0 Å². The van der Waals surface area contributed by atoms with Crippen molar-refractivity contribution in [3.8, 4) is 0 Å². The maximum Gasteiger partial charge on any atom is 0.00471 e. The Bertz CT molecular complexity index is 219. The van der Waals surface area contributed by atoms with E-state index in [-0.39, 0.29) is 0 Å². The zero-order valence-corrected chi connectivity index (χ0v) is 13.8. The van der Waals surface area contributed by atoms with Crippen LogP contribution in [0.2, 0.25) is 0 Å². The van der Waals surface area contributed by atoms with Crippen LogP contribution in [0.1, 0.15) is 72.1 Å². The molecule has 0 unspecified atom stereocenters. The summed E-state index contributed by atoms with van der Waals surface area (Å²) in [5.74, 6) is 0. The maximum absolute atomic E-state index is 3.70. The molecule has 0 aromatic heterocycles. The summed E-state index contributed by atoms with van der Waals surface area (Å²) in [5.41, 5.74) is 0.545. The number of unbranched alkanes of at least 4 members (excludes halogenated alkanes) is 2. The molecule has 0 radical (unpaired) electrons. The number of hydrogen-bond acceptors (Lipinski definition) is 2. The molecular formula is C17H36N2. The van der Waals surface area contributed by atoms with Crippen LogP contribution in [0.4, 0.5) is 0 Å². The quantitative estimate of drug-likeness (QED) is 0.635. The Kier molecular flexibility index (Phi) is 8.01. The van der Waals surface area contributed by atoms with E-state index < -0.39 is 0 Å². The smallest absolute Gasteiger partial charge is 0.00471 e. The molecule has 0 heterocycles. The van der Waals surface area contributed by atoms with E-state index in [4.69, 9.17) is 0 Å². The van der Waals surface area contributed by atoms with Gasteiger partial charge in [0.2, 0.25) is 0 Å². The molecule has 1 rings (SSSR count). The van der Waals surface area contributed by atoms with E-state index in [9.17, 15) is 0 Å². The van der Waals surface area contributed by atoms with E-state index in [1.807, 2.05) is 0 Å². The van der Waals surface area contributed by atoms with Crippen molar-refractivity contribution in [2.75, 3.05) is 26.7 Å². The van der Waals surface area contributed by atoms with Gasteiger partial charge in [-0.25, -0.2) is 0 Å². The first kappa shape index (κ1) is 17.0. The van der Waals surface area contributed by atoms with Gasteiger partial charge in [0.1, 0.15) is 0 Å². The molecule has 19 heavy (non-hydrogen) atoms. The molecule has 0 aromatic rings. The minimum Gasteiger partial charge on any atom is -0.314 e. The SMILES string of the molecule is CCCCCN(C)CC1(CNC(C)C)CCCCC1. The molecule has 1 aliphatic rings. The van der Waals surface area contributed by atoms with Crippen LogP contribution in [0.5, 0.6) is 0 Å². The monoisotopic (exact) mass is 268 g/mol. The Morgan fingerprint density at radius 1 is 1.11 bits per heavy atom. The topological polar surface area (TPSA) is 15.3 Å². The van der Waals surface area contributed by atoms with Crippen LogP contribution < -0.4 is 5.32 Å². The average molecular weight is 268 g/mol. The van der Waals surface area contributed by atoms with E-state index in [0.717, 1.165) is 0 Å². The van der Waals surface area contributed by atoms with E-state index in [2.05, 4.69) is 38.0 Å². The Morgan fingerprint density at radius 2 is 1.79 bits per heavy atom. The molecule has 1 fully saturated rings. The van der Waals surface area contributed by atoms with Crippen molar-refractivity contribution in [1.82, 2.24) is 10.2 Å². The molecule has 2 nitrogen and oxygen atoms in total. The van der Waals surface area contributed by atoms with Crippen molar-refractivity contribution >= 4 is 0 Å². The highest BCUT2D eigenvalue weighted by atomic mass is 15.1. The first-order valence-electron chi connectivity index (χ1n) is 8.50. The van der Waals surface area contributed by atoms with Crippen molar-refractivity contribution in [3.05, 3.63) is 0 Å². The second-order valence-corrected chi connectivity index (χ2v) is 7.04. The van der Waals surface area contributed by atoms with Crippen molar-refractivity contribution in [1.29, 1.82) is 0 Å². The Balaban J connectivity index is 2.43. The third-order valence-electron chi connectivity index (χ3n) is 4.55. The molecule has 1 aliphatic carbocycles. The first-order valence-corrected chi connectivity index (χ1v) is 8.50. The third kappa shape index (κ3) is 6.76. The molecule has 0 atom stereocenters. The van der Waals surface area contributed by atoms with Crippen LogP contribution in [0.3, 0.4) is 0 Å².